The van der Waals surface area contributed by atoms with Crippen molar-refractivity contribution < 1.29 is 14.3 Å². The van der Waals surface area contributed by atoms with Gasteiger partial charge in [-0.25, -0.2) is 9.48 Å². The molecule has 2 aromatic heterocycles. The van der Waals surface area contributed by atoms with E-state index in [0.717, 1.165) is 42.3 Å². The normalized spacial score (nSPS) is 15.6. The molecule has 1 unspecified atom stereocenters. The van der Waals surface area contributed by atoms with Crippen molar-refractivity contribution in [2.45, 2.75) is 66.3 Å². The number of carbonyl (C=O) groups excluding carboxylic acids is 2. The molecule has 0 bridgehead atoms. The number of aromatic nitrogens is 3. The Labute approximate surface area is 208 Å². The highest BCUT2D eigenvalue weighted by molar-refractivity contribution is 7.18. The number of benzene rings is 1. The summed E-state index contributed by atoms with van der Waals surface area (Å²) >= 11 is 1.55. The van der Waals surface area contributed by atoms with Gasteiger partial charge in [0.2, 0.25) is 5.91 Å². The number of nitrogens with one attached hydrogen (secondary N) is 1. The van der Waals surface area contributed by atoms with E-state index in [2.05, 4.69) is 36.4 Å². The van der Waals surface area contributed by atoms with Crippen molar-refractivity contribution in [1.82, 2.24) is 15.0 Å². The average Bonchev–Trinajstić information content (AvgIpc) is 3.19. The molecule has 2 heterocycles. The Hall–Kier alpha value is -3.07. The van der Waals surface area contributed by atoms with Crippen molar-refractivity contribution >= 4 is 39.1 Å². The molecular weight excluding hydrogens is 464 g/mol. The fourth-order valence-electron chi connectivity index (χ4n) is 4.39. The Morgan fingerprint density at radius 3 is 2.66 bits per heavy atom. The van der Waals surface area contributed by atoms with E-state index in [-0.39, 0.29) is 23.5 Å². The summed E-state index contributed by atoms with van der Waals surface area (Å²) in [5.74, 6) is -0.219. The first kappa shape index (κ1) is 25.0. The lowest BCUT2D eigenvalue weighted by Crippen LogP contribution is -2.31. The van der Waals surface area contributed by atoms with Crippen LogP contribution in [0.1, 0.15) is 67.8 Å². The lowest BCUT2D eigenvalue weighted by molar-refractivity contribution is -0.117. The number of nitrogens with zero attached hydrogens (tertiary/aromatic N) is 3. The van der Waals surface area contributed by atoms with E-state index in [1.807, 2.05) is 6.92 Å². The van der Waals surface area contributed by atoms with E-state index < -0.39 is 5.91 Å². The molecule has 0 spiro atoms. The Morgan fingerprint density at radius 1 is 1.23 bits per heavy atom. The number of fused-ring (bicyclic) bond motifs is 3. The summed E-state index contributed by atoms with van der Waals surface area (Å²) in [4.78, 5) is 39.7. The van der Waals surface area contributed by atoms with E-state index in [1.165, 1.54) is 4.88 Å². The number of esters is 1. The summed E-state index contributed by atoms with van der Waals surface area (Å²) in [6.45, 7) is 8.95. The minimum absolute atomic E-state index is 0.214. The second-order valence-electron chi connectivity index (χ2n) is 10.2. The summed E-state index contributed by atoms with van der Waals surface area (Å²) in [6, 6.07) is 6.47. The lowest BCUT2D eigenvalue weighted by Gasteiger charge is -2.33. The van der Waals surface area contributed by atoms with Gasteiger partial charge in [0.15, 0.2) is 4.83 Å². The van der Waals surface area contributed by atoms with E-state index in [0.29, 0.717) is 34.0 Å². The second kappa shape index (κ2) is 10.3. The summed E-state index contributed by atoms with van der Waals surface area (Å²) in [6.07, 6.45) is 4.59. The molecule has 9 heteroatoms. The summed E-state index contributed by atoms with van der Waals surface area (Å²) in [5.41, 5.74) is 1.94. The fourth-order valence-corrected chi connectivity index (χ4v) is 5.62. The number of aryl methyl sites for hydroxylation is 1. The maximum absolute atomic E-state index is 13.2. The number of thiophene rings is 1. The molecule has 186 valence electrons. The van der Waals surface area contributed by atoms with Gasteiger partial charge in [0.25, 0.3) is 5.56 Å². The Bertz CT molecular complexity index is 1290. The molecule has 0 saturated carbocycles. The van der Waals surface area contributed by atoms with E-state index in [1.54, 1.807) is 35.6 Å². The molecule has 0 saturated heterocycles. The number of unbranched alkanes of at least 4 members (excludes halogenated alkanes) is 1. The molecule has 1 aliphatic rings. The Kier molecular flexibility index (Phi) is 7.35. The molecule has 8 nitrogen and oxygen atoms in total. The molecule has 0 radical (unpaired) electrons. The van der Waals surface area contributed by atoms with Crippen molar-refractivity contribution in [2.75, 3.05) is 11.9 Å². The van der Waals surface area contributed by atoms with Gasteiger partial charge in [-0.2, -0.15) is 0 Å². The van der Waals surface area contributed by atoms with Crippen LogP contribution in [-0.4, -0.2) is 33.5 Å². The zero-order valence-electron chi connectivity index (χ0n) is 20.7. The number of hydrogen-bond donors (Lipinski definition) is 1. The summed E-state index contributed by atoms with van der Waals surface area (Å²) in [7, 11) is 0. The zero-order valence-corrected chi connectivity index (χ0v) is 21.5. The summed E-state index contributed by atoms with van der Waals surface area (Å²) < 4.78 is 6.32. The van der Waals surface area contributed by atoms with Crippen LogP contribution in [0.4, 0.5) is 5.69 Å². The Morgan fingerprint density at radius 2 is 1.97 bits per heavy atom. The van der Waals surface area contributed by atoms with Gasteiger partial charge in [0, 0.05) is 10.6 Å². The third-order valence-corrected chi connectivity index (χ3v) is 7.73. The van der Waals surface area contributed by atoms with Crippen molar-refractivity contribution in [3.63, 3.8) is 0 Å². The number of hydrogen-bond acceptors (Lipinski definition) is 7. The first-order valence-electron chi connectivity index (χ1n) is 12.1. The number of rotatable bonds is 7. The van der Waals surface area contributed by atoms with Crippen LogP contribution in [0.3, 0.4) is 0 Å². The van der Waals surface area contributed by atoms with Crippen LogP contribution in [0.5, 0.6) is 0 Å². The van der Waals surface area contributed by atoms with Gasteiger partial charge >= 0.3 is 5.97 Å². The van der Waals surface area contributed by atoms with E-state index in [4.69, 9.17) is 4.74 Å². The van der Waals surface area contributed by atoms with Crippen molar-refractivity contribution in [2.24, 2.45) is 11.3 Å². The summed E-state index contributed by atoms with van der Waals surface area (Å²) in [5, 5.41) is 11.6. The molecule has 1 atom stereocenters. The maximum Gasteiger partial charge on any atom is 0.338 e. The minimum Gasteiger partial charge on any atom is -0.462 e. The van der Waals surface area contributed by atoms with Crippen molar-refractivity contribution in [3.05, 3.63) is 50.6 Å². The van der Waals surface area contributed by atoms with Gasteiger partial charge < -0.3 is 10.1 Å². The number of ether oxygens (including phenoxy) is 1. The van der Waals surface area contributed by atoms with Crippen LogP contribution < -0.4 is 10.9 Å². The molecule has 4 rings (SSSR count). The van der Waals surface area contributed by atoms with Gasteiger partial charge in [-0.15, -0.1) is 16.4 Å². The van der Waals surface area contributed by atoms with Crippen LogP contribution >= 0.6 is 11.3 Å². The minimum atomic E-state index is -0.393. The molecule has 0 aliphatic heterocycles. The van der Waals surface area contributed by atoms with Gasteiger partial charge in [-0.3, -0.25) is 9.59 Å². The van der Waals surface area contributed by atoms with Crippen molar-refractivity contribution in [3.8, 4) is 0 Å². The number of amides is 1. The molecular formula is C26H32N4O4S. The molecule has 1 aromatic carbocycles. The topological polar surface area (TPSA) is 103 Å². The van der Waals surface area contributed by atoms with Gasteiger partial charge in [0.05, 0.1) is 17.6 Å². The molecule has 0 fully saturated rings. The number of anilines is 1. The standard InChI is InChI=1S/C26H32N4O4S/c1-5-6-13-34-25(33)16-7-10-18(11-8-16)27-21(31)15-30-24(32)22-19-12-9-17(26(2,3)4)14-20(19)35-23(22)28-29-30/h7-8,10-11,17H,5-6,9,12-15H2,1-4H3,(H,27,31). The predicted molar refractivity (Wildman–Crippen MR) is 137 cm³/mol. The van der Waals surface area contributed by atoms with Crippen LogP contribution in [0.25, 0.3) is 10.2 Å². The molecule has 3 aromatic rings. The molecule has 1 aliphatic carbocycles. The van der Waals surface area contributed by atoms with E-state index in [9.17, 15) is 14.4 Å². The van der Waals surface area contributed by atoms with Crippen LogP contribution in [0, 0.1) is 11.3 Å². The fraction of sp³-hybridized carbons (Fsp3) is 0.500. The molecule has 35 heavy (non-hydrogen) atoms. The average molecular weight is 497 g/mol. The lowest BCUT2D eigenvalue weighted by atomic mass is 9.72. The highest BCUT2D eigenvalue weighted by Crippen LogP contribution is 2.41. The highest BCUT2D eigenvalue weighted by Gasteiger charge is 2.32. The first-order chi connectivity index (χ1) is 16.7. The smallest absolute Gasteiger partial charge is 0.338 e. The first-order valence-corrected chi connectivity index (χ1v) is 12.9. The quantitative estimate of drug-likeness (QED) is 0.379. The zero-order chi connectivity index (χ0) is 25.2. The predicted octanol–water partition coefficient (Wildman–Crippen LogP) is 4.60. The maximum atomic E-state index is 13.2. The van der Waals surface area contributed by atoms with Gasteiger partial charge in [-0.05, 0) is 66.8 Å². The largest absolute Gasteiger partial charge is 0.462 e. The van der Waals surface area contributed by atoms with Crippen LogP contribution in [-0.2, 0) is 28.9 Å². The van der Waals surface area contributed by atoms with E-state index >= 15 is 0 Å². The second-order valence-corrected chi connectivity index (χ2v) is 11.2. The third-order valence-electron chi connectivity index (χ3n) is 6.59. The molecule has 1 N–H and O–H groups in total. The SMILES string of the molecule is CCCCOC(=O)c1ccc(NC(=O)Cn2nnc3sc4c(c3c2=O)CCC(C(C)(C)C)C4)cc1. The number of carbonyl (C=O) groups is 2. The Balaban J connectivity index is 1.44. The van der Waals surface area contributed by atoms with Crippen LogP contribution in [0.2, 0.25) is 0 Å². The van der Waals surface area contributed by atoms with Crippen LogP contribution in [0.15, 0.2) is 29.1 Å². The van der Waals surface area contributed by atoms with Gasteiger partial charge in [0.1, 0.15) is 6.54 Å². The van der Waals surface area contributed by atoms with Crippen molar-refractivity contribution in [1.29, 1.82) is 0 Å². The third kappa shape index (κ3) is 5.61. The highest BCUT2D eigenvalue weighted by atomic mass is 32.1. The van der Waals surface area contributed by atoms with Gasteiger partial charge in [-0.1, -0.05) is 39.3 Å². The molecule has 1 amide bonds. The monoisotopic (exact) mass is 496 g/mol.